The Hall–Kier alpha value is -3.57. The number of nitrogens with zero attached hydrogens (tertiary/aromatic N) is 2. The molecule has 0 spiro atoms. The number of carbonyl (C=O) groups excluding carboxylic acids is 2. The fraction of sp³-hybridized carbons (Fsp3) is 0.394. The van der Waals surface area contributed by atoms with Gasteiger partial charge in [-0.2, -0.15) is 0 Å². The van der Waals surface area contributed by atoms with Crippen molar-refractivity contribution in [3.05, 3.63) is 84.2 Å². The summed E-state index contributed by atoms with van der Waals surface area (Å²) in [5.41, 5.74) is 0.825. The van der Waals surface area contributed by atoms with Crippen molar-refractivity contribution in [2.24, 2.45) is 0 Å². The molecule has 3 aromatic carbocycles. The van der Waals surface area contributed by atoms with E-state index in [0.717, 1.165) is 34.9 Å². The Morgan fingerprint density at radius 1 is 1.00 bits per heavy atom. The summed E-state index contributed by atoms with van der Waals surface area (Å²) in [5.74, 6) is -0.969. The summed E-state index contributed by atoms with van der Waals surface area (Å²) < 4.78 is 49.0. The Balaban J connectivity index is 1.75. The zero-order valence-electron chi connectivity index (χ0n) is 25.4. The second-order valence-corrected chi connectivity index (χ2v) is 13.4. The molecule has 0 aromatic heterocycles. The van der Waals surface area contributed by atoms with Gasteiger partial charge in [0.2, 0.25) is 11.8 Å². The number of rotatable bonds is 14. The summed E-state index contributed by atoms with van der Waals surface area (Å²) in [4.78, 5) is 30.2. The summed E-state index contributed by atoms with van der Waals surface area (Å²) >= 11 is 1.49. The molecule has 0 bridgehead atoms. The molecule has 1 saturated carbocycles. The fourth-order valence-corrected chi connectivity index (χ4v) is 7.24. The lowest BCUT2D eigenvalue weighted by Crippen LogP contribution is -2.53. The van der Waals surface area contributed by atoms with Gasteiger partial charge in [0.05, 0.1) is 17.2 Å². The summed E-state index contributed by atoms with van der Waals surface area (Å²) in [6, 6.07) is 18.0. The minimum absolute atomic E-state index is 0.000872. The lowest BCUT2D eigenvalue weighted by molar-refractivity contribution is -0.140. The number of benzene rings is 3. The number of ether oxygens (including phenoxy) is 1. The number of anilines is 1. The van der Waals surface area contributed by atoms with E-state index < -0.39 is 34.3 Å². The van der Waals surface area contributed by atoms with E-state index in [4.69, 9.17) is 4.74 Å². The van der Waals surface area contributed by atoms with Crippen LogP contribution in [0.4, 0.5) is 10.1 Å². The fourth-order valence-electron chi connectivity index (χ4n) is 5.40. The molecule has 0 radical (unpaired) electrons. The molecular formula is C33H40FN3O5S2. The summed E-state index contributed by atoms with van der Waals surface area (Å²) in [6.45, 7) is 3.32. The molecule has 1 aliphatic rings. The summed E-state index contributed by atoms with van der Waals surface area (Å²) in [6.07, 6.45) is 6.03. The van der Waals surface area contributed by atoms with Crippen molar-refractivity contribution < 1.29 is 27.1 Å². The summed E-state index contributed by atoms with van der Waals surface area (Å²) in [5, 5.41) is 3.09. The highest BCUT2D eigenvalue weighted by Crippen LogP contribution is 2.33. The van der Waals surface area contributed by atoms with E-state index in [1.807, 2.05) is 13.2 Å². The van der Waals surface area contributed by atoms with Gasteiger partial charge in [0.1, 0.15) is 24.2 Å². The van der Waals surface area contributed by atoms with Crippen molar-refractivity contribution in [1.82, 2.24) is 10.2 Å². The van der Waals surface area contributed by atoms with Gasteiger partial charge in [0.15, 0.2) is 0 Å². The van der Waals surface area contributed by atoms with Crippen LogP contribution in [0.3, 0.4) is 0 Å². The quantitative estimate of drug-likeness (QED) is 0.217. The van der Waals surface area contributed by atoms with E-state index in [-0.39, 0.29) is 35.7 Å². The Kier molecular flexibility index (Phi) is 11.7. The van der Waals surface area contributed by atoms with Gasteiger partial charge in [0, 0.05) is 17.5 Å². The average molecular weight is 642 g/mol. The van der Waals surface area contributed by atoms with E-state index in [9.17, 15) is 22.4 Å². The number of nitrogens with one attached hydrogen (secondary N) is 1. The number of para-hydroxylation sites is 2. The minimum Gasteiger partial charge on any atom is -0.492 e. The summed E-state index contributed by atoms with van der Waals surface area (Å²) in [7, 11) is -4.25. The molecule has 0 aliphatic heterocycles. The van der Waals surface area contributed by atoms with Crippen LogP contribution < -0.4 is 14.4 Å². The van der Waals surface area contributed by atoms with Crippen LogP contribution >= 0.6 is 11.8 Å². The van der Waals surface area contributed by atoms with Gasteiger partial charge >= 0.3 is 0 Å². The van der Waals surface area contributed by atoms with Crippen LogP contribution in [0.15, 0.2) is 82.6 Å². The Bertz CT molecular complexity index is 1510. The maximum atomic E-state index is 14.3. The predicted octanol–water partition coefficient (Wildman–Crippen LogP) is 6.01. The lowest BCUT2D eigenvalue weighted by Gasteiger charge is -2.34. The molecule has 1 aliphatic carbocycles. The van der Waals surface area contributed by atoms with Gasteiger partial charge in [-0.1, -0.05) is 44.0 Å². The van der Waals surface area contributed by atoms with Gasteiger partial charge in [-0.3, -0.25) is 13.9 Å². The zero-order chi connectivity index (χ0) is 31.7. The van der Waals surface area contributed by atoms with Crippen molar-refractivity contribution in [1.29, 1.82) is 0 Å². The number of hydrogen-bond acceptors (Lipinski definition) is 6. The molecule has 8 nitrogen and oxygen atoms in total. The monoisotopic (exact) mass is 641 g/mol. The lowest BCUT2D eigenvalue weighted by atomic mass is 10.1. The normalized spacial score (nSPS) is 14.2. The second-order valence-electron chi connectivity index (χ2n) is 10.7. The van der Waals surface area contributed by atoms with Crippen LogP contribution in [-0.4, -0.2) is 56.6 Å². The van der Waals surface area contributed by atoms with Crippen molar-refractivity contribution in [2.75, 3.05) is 23.7 Å². The molecule has 11 heteroatoms. The maximum Gasteiger partial charge on any atom is 0.264 e. The maximum absolute atomic E-state index is 14.3. The number of thioether (sulfide) groups is 1. The number of carbonyl (C=O) groups is 2. The first-order valence-electron chi connectivity index (χ1n) is 14.9. The van der Waals surface area contributed by atoms with Crippen LogP contribution in [0, 0.1) is 5.82 Å². The number of amides is 2. The molecule has 4 rings (SSSR count). The standard InChI is InChI=1S/C33H40FN3O5S2/c1-4-29(33(39)35-26-10-6-7-11-26)36(22-24-14-16-25(34)17-15-24)32(38)23-37(30-12-8-9-13-31(30)42-5-2)44(40,41)28-20-18-27(43-3)19-21-28/h8-9,12-21,26,29H,4-7,10-11,22-23H2,1-3H3,(H,35,39)/t29-/m0/s1. The van der Waals surface area contributed by atoms with E-state index >= 15 is 0 Å². The van der Waals surface area contributed by atoms with Crippen LogP contribution in [0.5, 0.6) is 5.75 Å². The zero-order valence-corrected chi connectivity index (χ0v) is 27.0. The van der Waals surface area contributed by atoms with Crippen LogP contribution in [0.25, 0.3) is 0 Å². The molecule has 0 saturated heterocycles. The van der Waals surface area contributed by atoms with Crippen molar-refractivity contribution in [3.8, 4) is 5.75 Å². The molecule has 1 N–H and O–H groups in total. The number of halogens is 1. The highest BCUT2D eigenvalue weighted by atomic mass is 32.2. The van der Waals surface area contributed by atoms with Gasteiger partial charge in [-0.25, -0.2) is 12.8 Å². The Morgan fingerprint density at radius 2 is 1.66 bits per heavy atom. The van der Waals surface area contributed by atoms with Crippen LogP contribution in [0.2, 0.25) is 0 Å². The number of sulfonamides is 1. The van der Waals surface area contributed by atoms with E-state index in [1.165, 1.54) is 40.9 Å². The van der Waals surface area contributed by atoms with Gasteiger partial charge in [-0.05, 0) is 86.5 Å². The largest absolute Gasteiger partial charge is 0.492 e. The highest BCUT2D eigenvalue weighted by molar-refractivity contribution is 7.98. The molecule has 3 aromatic rings. The smallest absolute Gasteiger partial charge is 0.264 e. The predicted molar refractivity (Wildman–Crippen MR) is 172 cm³/mol. The number of hydrogen-bond donors (Lipinski definition) is 1. The Labute approximate surface area is 264 Å². The molecule has 0 unspecified atom stereocenters. The third kappa shape index (κ3) is 8.12. The van der Waals surface area contributed by atoms with Gasteiger partial charge in [0.25, 0.3) is 10.0 Å². The first kappa shape index (κ1) is 33.3. The van der Waals surface area contributed by atoms with E-state index in [1.54, 1.807) is 55.5 Å². The molecule has 1 atom stereocenters. The molecule has 44 heavy (non-hydrogen) atoms. The third-order valence-corrected chi connectivity index (χ3v) is 10.2. The van der Waals surface area contributed by atoms with E-state index in [0.29, 0.717) is 17.7 Å². The highest BCUT2D eigenvalue weighted by Gasteiger charge is 2.35. The van der Waals surface area contributed by atoms with Crippen molar-refractivity contribution in [2.45, 2.75) is 74.4 Å². The minimum atomic E-state index is -4.25. The van der Waals surface area contributed by atoms with Gasteiger partial charge in [-0.15, -0.1) is 11.8 Å². The third-order valence-electron chi connectivity index (χ3n) is 7.71. The van der Waals surface area contributed by atoms with Gasteiger partial charge < -0.3 is 15.0 Å². The van der Waals surface area contributed by atoms with Crippen molar-refractivity contribution >= 4 is 39.3 Å². The van der Waals surface area contributed by atoms with Crippen molar-refractivity contribution in [3.63, 3.8) is 0 Å². The first-order valence-corrected chi connectivity index (χ1v) is 17.6. The first-order chi connectivity index (χ1) is 21.2. The molecule has 236 valence electrons. The molecule has 1 fully saturated rings. The SMILES string of the molecule is CCOc1ccccc1N(CC(=O)N(Cc1ccc(F)cc1)[C@@H](CC)C(=O)NC1CCCC1)S(=O)(=O)c1ccc(SC)cc1. The average Bonchev–Trinajstić information content (AvgIpc) is 3.54. The molecular weight excluding hydrogens is 602 g/mol. The van der Waals surface area contributed by atoms with E-state index in [2.05, 4.69) is 5.32 Å². The second kappa shape index (κ2) is 15.4. The van der Waals surface area contributed by atoms with Crippen LogP contribution in [0.1, 0.15) is 51.5 Å². The molecule has 0 heterocycles. The molecule has 2 amide bonds. The Morgan fingerprint density at radius 3 is 2.27 bits per heavy atom. The topological polar surface area (TPSA) is 96.0 Å². The van der Waals surface area contributed by atoms with Crippen LogP contribution in [-0.2, 0) is 26.2 Å².